The normalized spacial score (nSPS) is 10.4. The van der Waals surface area contributed by atoms with E-state index in [2.05, 4.69) is 4.98 Å². The molecule has 82 valence electrons. The Bertz CT molecular complexity index is 551. The van der Waals surface area contributed by atoms with Gasteiger partial charge in [-0.3, -0.25) is 4.79 Å². The van der Waals surface area contributed by atoms with E-state index in [0.717, 1.165) is 0 Å². The SMILES string of the molecule is NC(=O)c1cn(-c2cc(Cl)ccc2Cl)cn1. The zero-order valence-electron chi connectivity index (χ0n) is 8.02. The molecule has 1 heterocycles. The molecule has 1 amide bonds. The van der Waals surface area contributed by atoms with Crippen molar-refractivity contribution in [2.24, 2.45) is 5.73 Å². The van der Waals surface area contributed by atoms with Gasteiger partial charge in [0.25, 0.3) is 5.91 Å². The summed E-state index contributed by atoms with van der Waals surface area (Å²) in [6.07, 6.45) is 2.96. The van der Waals surface area contributed by atoms with Crippen LogP contribution in [0.2, 0.25) is 10.0 Å². The summed E-state index contributed by atoms with van der Waals surface area (Å²) in [5.41, 5.74) is 5.92. The second-order valence-electron chi connectivity index (χ2n) is 3.13. The summed E-state index contributed by atoms with van der Waals surface area (Å²) in [6, 6.07) is 5.03. The van der Waals surface area contributed by atoms with Crippen molar-refractivity contribution in [1.29, 1.82) is 0 Å². The van der Waals surface area contributed by atoms with Crippen LogP contribution < -0.4 is 5.73 Å². The number of primary amides is 1. The van der Waals surface area contributed by atoms with Crippen molar-refractivity contribution in [3.63, 3.8) is 0 Å². The highest BCUT2D eigenvalue weighted by Crippen LogP contribution is 2.24. The molecule has 2 aromatic rings. The quantitative estimate of drug-likeness (QED) is 0.895. The molecule has 0 aliphatic heterocycles. The largest absolute Gasteiger partial charge is 0.364 e. The Morgan fingerprint density at radius 2 is 2.12 bits per heavy atom. The number of hydrogen-bond donors (Lipinski definition) is 1. The van der Waals surface area contributed by atoms with E-state index in [9.17, 15) is 4.79 Å². The van der Waals surface area contributed by atoms with Crippen molar-refractivity contribution in [2.45, 2.75) is 0 Å². The first-order chi connectivity index (χ1) is 7.58. The average molecular weight is 256 g/mol. The number of hydrogen-bond acceptors (Lipinski definition) is 2. The zero-order valence-corrected chi connectivity index (χ0v) is 9.53. The summed E-state index contributed by atoms with van der Waals surface area (Å²) >= 11 is 11.8. The molecule has 16 heavy (non-hydrogen) atoms. The summed E-state index contributed by atoms with van der Waals surface area (Å²) < 4.78 is 1.59. The van der Waals surface area contributed by atoms with Gasteiger partial charge in [-0.2, -0.15) is 0 Å². The molecule has 0 saturated heterocycles. The molecule has 4 nitrogen and oxygen atoms in total. The van der Waals surface area contributed by atoms with Crippen molar-refractivity contribution in [2.75, 3.05) is 0 Å². The van der Waals surface area contributed by atoms with Crippen molar-refractivity contribution in [3.8, 4) is 5.69 Å². The molecule has 2 N–H and O–H groups in total. The Morgan fingerprint density at radius 3 is 2.75 bits per heavy atom. The molecule has 0 aliphatic carbocycles. The second kappa shape index (κ2) is 4.15. The lowest BCUT2D eigenvalue weighted by atomic mass is 10.3. The van der Waals surface area contributed by atoms with Gasteiger partial charge in [0.2, 0.25) is 0 Å². The van der Waals surface area contributed by atoms with Gasteiger partial charge < -0.3 is 10.3 Å². The molecular weight excluding hydrogens is 249 g/mol. The molecule has 2 rings (SSSR count). The number of rotatable bonds is 2. The highest BCUT2D eigenvalue weighted by Gasteiger charge is 2.08. The Hall–Kier alpha value is -1.52. The molecule has 0 bridgehead atoms. The number of imidazole rings is 1. The maximum atomic E-state index is 10.9. The number of aromatic nitrogens is 2. The van der Waals surface area contributed by atoms with Gasteiger partial charge in [-0.1, -0.05) is 23.2 Å². The van der Waals surface area contributed by atoms with Gasteiger partial charge in [0, 0.05) is 11.2 Å². The first kappa shape index (κ1) is 11.0. The van der Waals surface area contributed by atoms with Crippen LogP contribution in [0.25, 0.3) is 5.69 Å². The minimum Gasteiger partial charge on any atom is -0.364 e. The van der Waals surface area contributed by atoms with Gasteiger partial charge in [-0.15, -0.1) is 0 Å². The molecular formula is C10H7Cl2N3O. The van der Waals surface area contributed by atoms with Crippen LogP contribution in [-0.2, 0) is 0 Å². The van der Waals surface area contributed by atoms with Crippen LogP contribution in [0.3, 0.4) is 0 Å². The molecule has 0 atom stereocenters. The standard InChI is InChI=1S/C10H7Cl2N3O/c11-6-1-2-7(12)9(3-6)15-4-8(10(13)16)14-5-15/h1-5H,(H2,13,16). The summed E-state index contributed by atoms with van der Waals surface area (Å²) in [5.74, 6) is -0.586. The maximum absolute atomic E-state index is 10.9. The summed E-state index contributed by atoms with van der Waals surface area (Å²) in [4.78, 5) is 14.7. The van der Waals surface area contributed by atoms with Gasteiger partial charge in [0.15, 0.2) is 0 Å². The Balaban J connectivity index is 2.50. The molecule has 0 aliphatic rings. The van der Waals surface area contributed by atoms with Crippen molar-refractivity contribution in [3.05, 3.63) is 46.5 Å². The average Bonchev–Trinajstić information content (AvgIpc) is 2.70. The van der Waals surface area contributed by atoms with Crippen LogP contribution in [0.5, 0.6) is 0 Å². The summed E-state index contributed by atoms with van der Waals surface area (Å²) in [7, 11) is 0. The van der Waals surface area contributed by atoms with Crippen LogP contribution >= 0.6 is 23.2 Å². The fourth-order valence-corrected chi connectivity index (χ4v) is 1.65. The third-order valence-electron chi connectivity index (χ3n) is 2.02. The summed E-state index contributed by atoms with van der Waals surface area (Å²) in [6.45, 7) is 0. The molecule has 0 saturated carbocycles. The van der Waals surface area contributed by atoms with E-state index in [4.69, 9.17) is 28.9 Å². The van der Waals surface area contributed by atoms with E-state index in [0.29, 0.717) is 15.7 Å². The van der Waals surface area contributed by atoms with E-state index < -0.39 is 5.91 Å². The fraction of sp³-hybridized carbons (Fsp3) is 0. The molecule has 0 spiro atoms. The maximum Gasteiger partial charge on any atom is 0.268 e. The first-order valence-electron chi connectivity index (χ1n) is 4.37. The Kier molecular flexibility index (Phi) is 2.85. The fourth-order valence-electron chi connectivity index (χ4n) is 1.27. The lowest BCUT2D eigenvalue weighted by Gasteiger charge is -2.04. The Labute approximate surface area is 102 Å². The van der Waals surface area contributed by atoms with Crippen LogP contribution in [0, 0.1) is 0 Å². The molecule has 1 aromatic heterocycles. The monoisotopic (exact) mass is 255 g/mol. The van der Waals surface area contributed by atoms with Crippen LogP contribution in [0.1, 0.15) is 10.5 Å². The van der Waals surface area contributed by atoms with Gasteiger partial charge in [0.1, 0.15) is 12.0 Å². The number of nitrogens with zero attached hydrogens (tertiary/aromatic N) is 2. The minimum absolute atomic E-state index is 0.177. The molecule has 6 heteroatoms. The minimum atomic E-state index is -0.586. The number of carbonyl (C=O) groups excluding carboxylic acids is 1. The van der Waals surface area contributed by atoms with Crippen LogP contribution in [-0.4, -0.2) is 15.5 Å². The van der Waals surface area contributed by atoms with E-state index in [1.807, 2.05) is 0 Å². The predicted molar refractivity (Wildman–Crippen MR) is 62.1 cm³/mol. The van der Waals surface area contributed by atoms with Crippen LogP contribution in [0.4, 0.5) is 0 Å². The summed E-state index contributed by atoms with van der Waals surface area (Å²) in [5, 5.41) is 1.06. The lowest BCUT2D eigenvalue weighted by Crippen LogP contribution is -2.11. The van der Waals surface area contributed by atoms with Gasteiger partial charge >= 0.3 is 0 Å². The van der Waals surface area contributed by atoms with Gasteiger partial charge in [-0.25, -0.2) is 4.98 Å². The number of carbonyl (C=O) groups is 1. The second-order valence-corrected chi connectivity index (χ2v) is 3.97. The van der Waals surface area contributed by atoms with Crippen molar-refractivity contribution in [1.82, 2.24) is 9.55 Å². The van der Waals surface area contributed by atoms with Crippen LogP contribution in [0.15, 0.2) is 30.7 Å². The van der Waals surface area contributed by atoms with E-state index in [1.54, 1.807) is 22.8 Å². The lowest BCUT2D eigenvalue weighted by molar-refractivity contribution is 0.0996. The van der Waals surface area contributed by atoms with Gasteiger partial charge in [-0.05, 0) is 18.2 Å². The molecule has 0 unspecified atom stereocenters. The first-order valence-corrected chi connectivity index (χ1v) is 5.13. The van der Waals surface area contributed by atoms with Crippen molar-refractivity contribution >= 4 is 29.1 Å². The highest BCUT2D eigenvalue weighted by molar-refractivity contribution is 6.34. The van der Waals surface area contributed by atoms with E-state index in [1.165, 1.54) is 12.5 Å². The Morgan fingerprint density at radius 1 is 1.38 bits per heavy atom. The highest BCUT2D eigenvalue weighted by atomic mass is 35.5. The van der Waals surface area contributed by atoms with Gasteiger partial charge in [0.05, 0.1) is 10.7 Å². The number of amides is 1. The zero-order chi connectivity index (χ0) is 11.7. The molecule has 1 aromatic carbocycles. The number of halogens is 2. The molecule has 0 radical (unpaired) electrons. The van der Waals surface area contributed by atoms with E-state index >= 15 is 0 Å². The number of benzene rings is 1. The number of nitrogens with two attached hydrogens (primary N) is 1. The van der Waals surface area contributed by atoms with E-state index in [-0.39, 0.29) is 5.69 Å². The smallest absolute Gasteiger partial charge is 0.268 e. The topological polar surface area (TPSA) is 60.9 Å². The third-order valence-corrected chi connectivity index (χ3v) is 2.58. The third kappa shape index (κ3) is 2.03. The molecule has 0 fully saturated rings. The van der Waals surface area contributed by atoms with Crippen molar-refractivity contribution < 1.29 is 4.79 Å². The predicted octanol–water partition coefficient (Wildman–Crippen LogP) is 2.28.